The molecule has 0 atom stereocenters. The Hall–Kier alpha value is -1.62. The van der Waals surface area contributed by atoms with Gasteiger partial charge in [0.2, 0.25) is 0 Å². The van der Waals surface area contributed by atoms with Gasteiger partial charge in [0.25, 0.3) is 0 Å². The molecule has 4 nitrogen and oxygen atoms in total. The Bertz CT molecular complexity index is 424. The molecule has 0 spiro atoms. The second-order valence-corrected chi connectivity index (χ2v) is 11.0. The van der Waals surface area contributed by atoms with Gasteiger partial charge in [0.15, 0.2) is 0 Å². The van der Waals surface area contributed by atoms with Gasteiger partial charge in [0.05, 0.1) is 5.56 Å². The van der Waals surface area contributed by atoms with Crippen LogP contribution in [0, 0.1) is 0 Å². The molecule has 18 heavy (non-hydrogen) atoms. The first-order valence-electron chi connectivity index (χ1n) is 5.97. The van der Waals surface area contributed by atoms with Crippen LogP contribution in [0.15, 0.2) is 35.5 Å². The molecule has 0 saturated heterocycles. The highest BCUT2D eigenvalue weighted by molar-refractivity contribution is 6.76. The first kappa shape index (κ1) is 14.4. The summed E-state index contributed by atoms with van der Waals surface area (Å²) in [6.07, 6.45) is 0.678. The molecule has 0 aromatic heterocycles. The van der Waals surface area contributed by atoms with Gasteiger partial charge in [-0.3, -0.25) is 0 Å². The van der Waals surface area contributed by atoms with Gasteiger partial charge in [-0.15, -0.1) is 0 Å². The van der Waals surface area contributed by atoms with Crippen molar-refractivity contribution in [2.24, 2.45) is 10.9 Å². The van der Waals surface area contributed by atoms with Gasteiger partial charge in [0, 0.05) is 14.5 Å². The molecular formula is C13H20N2O2Si. The Morgan fingerprint density at radius 2 is 1.89 bits per heavy atom. The maximum absolute atomic E-state index is 11.6. The number of rotatable bonds is 5. The molecule has 5 heteroatoms. The molecule has 1 aromatic carbocycles. The Morgan fingerprint density at radius 3 is 2.44 bits per heavy atom. The molecule has 0 unspecified atom stereocenters. The molecule has 2 N–H and O–H groups in total. The maximum Gasteiger partial charge on any atom is 0.365 e. The van der Waals surface area contributed by atoms with Crippen molar-refractivity contribution in [1.29, 1.82) is 0 Å². The SMILES string of the molecule is C[Si](C)(C)CC/C(N)=N\OC(=O)c1ccccc1. The third kappa shape index (κ3) is 5.63. The van der Waals surface area contributed by atoms with E-state index in [4.69, 9.17) is 10.6 Å². The summed E-state index contributed by atoms with van der Waals surface area (Å²) in [5, 5.41) is 3.67. The Labute approximate surface area is 109 Å². The van der Waals surface area contributed by atoms with E-state index in [9.17, 15) is 4.79 Å². The number of carbonyl (C=O) groups is 1. The fourth-order valence-electron chi connectivity index (χ4n) is 1.28. The molecule has 0 fully saturated rings. The highest BCUT2D eigenvalue weighted by Crippen LogP contribution is 2.10. The van der Waals surface area contributed by atoms with Gasteiger partial charge >= 0.3 is 5.97 Å². The summed E-state index contributed by atoms with van der Waals surface area (Å²) in [7, 11) is -1.14. The van der Waals surface area contributed by atoms with Gasteiger partial charge in [-0.2, -0.15) is 0 Å². The van der Waals surface area contributed by atoms with Crippen LogP contribution < -0.4 is 5.73 Å². The van der Waals surface area contributed by atoms with E-state index in [1.54, 1.807) is 24.3 Å². The topological polar surface area (TPSA) is 64.7 Å². The molecule has 98 valence electrons. The normalized spacial score (nSPS) is 12.3. The number of carbonyl (C=O) groups excluding carboxylic acids is 1. The van der Waals surface area contributed by atoms with Crippen LogP contribution in [-0.2, 0) is 4.84 Å². The average Bonchev–Trinajstić information content (AvgIpc) is 2.33. The number of nitrogens with two attached hydrogens (primary N) is 1. The largest absolute Gasteiger partial charge is 0.384 e. The number of nitrogens with zero attached hydrogens (tertiary/aromatic N) is 1. The van der Waals surface area contributed by atoms with Gasteiger partial charge in [-0.1, -0.05) is 49.0 Å². The fraction of sp³-hybridized carbons (Fsp3) is 0.385. The van der Waals surface area contributed by atoms with Crippen LogP contribution in [0.5, 0.6) is 0 Å². The first-order valence-corrected chi connectivity index (χ1v) is 9.68. The minimum Gasteiger partial charge on any atom is -0.384 e. The van der Waals surface area contributed by atoms with Crippen molar-refractivity contribution < 1.29 is 9.63 Å². The van der Waals surface area contributed by atoms with Crippen LogP contribution in [0.1, 0.15) is 16.8 Å². The van der Waals surface area contributed by atoms with E-state index in [1.165, 1.54) is 0 Å². The smallest absolute Gasteiger partial charge is 0.365 e. The van der Waals surface area contributed by atoms with Crippen molar-refractivity contribution >= 4 is 19.9 Å². The number of amidine groups is 1. The monoisotopic (exact) mass is 264 g/mol. The molecule has 1 aromatic rings. The van der Waals surface area contributed by atoms with E-state index < -0.39 is 14.0 Å². The zero-order valence-corrected chi connectivity index (χ0v) is 12.1. The molecule has 0 aliphatic rings. The minimum absolute atomic E-state index is 0.377. The third-order valence-corrected chi connectivity index (χ3v) is 4.14. The molecule has 0 saturated carbocycles. The Morgan fingerprint density at radius 1 is 1.28 bits per heavy atom. The van der Waals surface area contributed by atoms with Crippen LogP contribution in [-0.4, -0.2) is 19.9 Å². The molecule has 0 radical (unpaired) electrons. The van der Waals surface area contributed by atoms with Crippen LogP contribution >= 0.6 is 0 Å². The number of benzene rings is 1. The third-order valence-electron chi connectivity index (χ3n) is 2.39. The molecule has 0 heterocycles. The van der Waals surface area contributed by atoms with Crippen molar-refractivity contribution in [3.8, 4) is 0 Å². The van der Waals surface area contributed by atoms with Crippen molar-refractivity contribution in [2.45, 2.75) is 32.1 Å². The lowest BCUT2D eigenvalue weighted by molar-refractivity contribution is 0.0515. The Balaban J connectivity index is 2.46. The molecule has 0 bridgehead atoms. The first-order chi connectivity index (χ1) is 8.38. The van der Waals surface area contributed by atoms with E-state index in [2.05, 4.69) is 24.8 Å². The summed E-state index contributed by atoms with van der Waals surface area (Å²) >= 11 is 0. The number of hydrogen-bond donors (Lipinski definition) is 1. The minimum atomic E-state index is -1.14. The quantitative estimate of drug-likeness (QED) is 0.292. The predicted octanol–water partition coefficient (Wildman–Crippen LogP) is 2.84. The summed E-state index contributed by atoms with van der Waals surface area (Å²) in [5.74, 6) is -0.103. The highest BCUT2D eigenvalue weighted by Gasteiger charge is 2.13. The van der Waals surface area contributed by atoms with E-state index in [0.717, 1.165) is 6.04 Å². The lowest BCUT2D eigenvalue weighted by Crippen LogP contribution is -2.23. The number of oxime groups is 1. The second kappa shape index (κ2) is 6.35. The van der Waals surface area contributed by atoms with E-state index in [0.29, 0.717) is 17.8 Å². The Kier molecular flexibility index (Phi) is 5.09. The molecular weight excluding hydrogens is 244 g/mol. The summed E-state index contributed by atoms with van der Waals surface area (Å²) in [4.78, 5) is 16.4. The summed E-state index contributed by atoms with van der Waals surface area (Å²) in [6.45, 7) is 6.78. The predicted molar refractivity (Wildman–Crippen MR) is 76.2 cm³/mol. The lowest BCUT2D eigenvalue weighted by atomic mass is 10.2. The van der Waals surface area contributed by atoms with Crippen molar-refractivity contribution in [2.75, 3.05) is 0 Å². The van der Waals surface area contributed by atoms with Gasteiger partial charge < -0.3 is 10.6 Å². The van der Waals surface area contributed by atoms with Crippen LogP contribution in [0.2, 0.25) is 25.7 Å². The van der Waals surface area contributed by atoms with Gasteiger partial charge in [-0.25, -0.2) is 4.79 Å². The van der Waals surface area contributed by atoms with E-state index >= 15 is 0 Å². The fourth-order valence-corrected chi connectivity index (χ4v) is 2.28. The zero-order valence-electron chi connectivity index (χ0n) is 11.1. The molecule has 1 rings (SSSR count). The summed E-state index contributed by atoms with van der Waals surface area (Å²) in [6, 6.07) is 9.77. The molecule has 0 aliphatic carbocycles. The van der Waals surface area contributed by atoms with E-state index in [-0.39, 0.29) is 0 Å². The second-order valence-electron chi connectivity index (χ2n) is 5.39. The highest BCUT2D eigenvalue weighted by atomic mass is 28.3. The van der Waals surface area contributed by atoms with Crippen LogP contribution in [0.3, 0.4) is 0 Å². The van der Waals surface area contributed by atoms with Crippen LogP contribution in [0.4, 0.5) is 0 Å². The van der Waals surface area contributed by atoms with Gasteiger partial charge in [0.1, 0.15) is 5.84 Å². The number of hydrogen-bond acceptors (Lipinski definition) is 3. The average molecular weight is 264 g/mol. The van der Waals surface area contributed by atoms with Crippen molar-refractivity contribution in [3.05, 3.63) is 35.9 Å². The van der Waals surface area contributed by atoms with Crippen molar-refractivity contribution in [3.63, 3.8) is 0 Å². The van der Waals surface area contributed by atoms with E-state index in [1.807, 2.05) is 6.07 Å². The molecule has 0 aliphatic heterocycles. The van der Waals surface area contributed by atoms with Crippen molar-refractivity contribution in [1.82, 2.24) is 0 Å². The van der Waals surface area contributed by atoms with Crippen LogP contribution in [0.25, 0.3) is 0 Å². The standard InChI is InChI=1S/C13H20N2O2Si/c1-18(2,3)10-9-12(14)15-17-13(16)11-7-5-4-6-8-11/h4-8H,9-10H2,1-3H3,(H2,14,15). The maximum atomic E-state index is 11.6. The van der Waals surface area contributed by atoms with Gasteiger partial charge in [-0.05, 0) is 12.1 Å². The molecule has 0 amide bonds. The zero-order chi connectivity index (χ0) is 13.6. The lowest BCUT2D eigenvalue weighted by Gasteiger charge is -2.14. The summed E-state index contributed by atoms with van der Waals surface area (Å²) in [5.41, 5.74) is 6.17. The summed E-state index contributed by atoms with van der Waals surface area (Å²) < 4.78 is 0.